The fourth-order valence-corrected chi connectivity index (χ4v) is 2.57. The zero-order valence-corrected chi connectivity index (χ0v) is 14.1. The van der Waals surface area contributed by atoms with Gasteiger partial charge in [-0.15, -0.1) is 0 Å². The van der Waals surface area contributed by atoms with E-state index in [1.165, 1.54) is 18.3 Å². The van der Waals surface area contributed by atoms with Gasteiger partial charge in [0.2, 0.25) is 0 Å². The molecule has 2 aromatic rings. The van der Waals surface area contributed by atoms with Crippen LogP contribution in [0.3, 0.4) is 0 Å². The van der Waals surface area contributed by atoms with Gasteiger partial charge in [0.25, 0.3) is 11.8 Å². The van der Waals surface area contributed by atoms with E-state index in [1.807, 2.05) is 0 Å². The number of benzene rings is 1. The number of ether oxygens (including phenoxy) is 1. The number of aromatic nitrogens is 1. The molecule has 1 aliphatic rings. The minimum Gasteiger partial charge on any atom is -0.378 e. The Morgan fingerprint density at radius 3 is 2.37 bits per heavy atom. The van der Waals surface area contributed by atoms with Crippen molar-refractivity contribution in [1.82, 2.24) is 9.88 Å². The Bertz CT molecular complexity index is 832. The van der Waals surface area contributed by atoms with Gasteiger partial charge in [-0.05, 0) is 36.4 Å². The summed E-state index contributed by atoms with van der Waals surface area (Å²) in [6, 6.07) is 6.93. The van der Waals surface area contributed by atoms with Crippen LogP contribution in [0.1, 0.15) is 26.4 Å². The Hall–Kier alpha value is -2.94. The summed E-state index contributed by atoms with van der Waals surface area (Å²) in [5.74, 6) is -0.851. The number of morpholine rings is 1. The molecule has 3 rings (SSSR count). The summed E-state index contributed by atoms with van der Waals surface area (Å²) in [7, 11) is 0. The zero-order chi connectivity index (χ0) is 19.4. The minimum atomic E-state index is -4.45. The quantitative estimate of drug-likeness (QED) is 0.890. The lowest BCUT2D eigenvalue weighted by Gasteiger charge is -2.26. The van der Waals surface area contributed by atoms with Crippen molar-refractivity contribution in [2.75, 3.05) is 31.6 Å². The summed E-state index contributed by atoms with van der Waals surface area (Å²) >= 11 is 0. The normalized spacial score (nSPS) is 14.7. The molecule has 1 saturated heterocycles. The first kappa shape index (κ1) is 18.8. The zero-order valence-electron chi connectivity index (χ0n) is 14.1. The SMILES string of the molecule is O=C(Nc1ccc(C(F)(F)F)cc1)c1cc(C(=O)N2CCOCC2)ccn1. The molecule has 0 radical (unpaired) electrons. The summed E-state index contributed by atoms with van der Waals surface area (Å²) in [6.45, 7) is 1.85. The molecular formula is C18H16F3N3O3. The Morgan fingerprint density at radius 1 is 1.07 bits per heavy atom. The highest BCUT2D eigenvalue weighted by atomic mass is 19.4. The van der Waals surface area contributed by atoms with Crippen LogP contribution in [-0.4, -0.2) is 48.0 Å². The van der Waals surface area contributed by atoms with Crippen LogP contribution in [0.15, 0.2) is 42.6 Å². The summed E-state index contributed by atoms with van der Waals surface area (Å²) in [5, 5.41) is 2.47. The molecule has 0 saturated carbocycles. The number of nitrogens with one attached hydrogen (secondary N) is 1. The number of rotatable bonds is 3. The average molecular weight is 379 g/mol. The molecular weight excluding hydrogens is 363 g/mol. The molecule has 1 fully saturated rings. The molecule has 142 valence electrons. The van der Waals surface area contributed by atoms with Gasteiger partial charge in [-0.2, -0.15) is 13.2 Å². The summed E-state index contributed by atoms with van der Waals surface area (Å²) < 4.78 is 42.9. The van der Waals surface area contributed by atoms with Crippen molar-refractivity contribution in [1.29, 1.82) is 0 Å². The highest BCUT2D eigenvalue weighted by Gasteiger charge is 2.30. The summed E-state index contributed by atoms with van der Waals surface area (Å²) in [5.41, 5.74) is -0.310. The van der Waals surface area contributed by atoms with Crippen molar-refractivity contribution in [3.05, 3.63) is 59.4 Å². The second-order valence-electron chi connectivity index (χ2n) is 5.86. The lowest BCUT2D eigenvalue weighted by Crippen LogP contribution is -2.40. The van der Waals surface area contributed by atoms with Crippen molar-refractivity contribution in [3.8, 4) is 0 Å². The number of carbonyl (C=O) groups excluding carboxylic acids is 2. The molecule has 0 unspecified atom stereocenters. The third kappa shape index (κ3) is 4.62. The molecule has 1 aromatic heterocycles. The van der Waals surface area contributed by atoms with E-state index in [-0.39, 0.29) is 17.3 Å². The Kier molecular flexibility index (Phi) is 5.41. The predicted molar refractivity (Wildman–Crippen MR) is 90.4 cm³/mol. The van der Waals surface area contributed by atoms with Crippen LogP contribution in [0.5, 0.6) is 0 Å². The van der Waals surface area contributed by atoms with Gasteiger partial charge in [0, 0.05) is 30.5 Å². The lowest BCUT2D eigenvalue weighted by molar-refractivity contribution is -0.137. The van der Waals surface area contributed by atoms with E-state index >= 15 is 0 Å². The molecule has 0 atom stereocenters. The van der Waals surface area contributed by atoms with Gasteiger partial charge in [-0.1, -0.05) is 0 Å². The monoisotopic (exact) mass is 379 g/mol. The number of nitrogens with zero attached hydrogens (tertiary/aromatic N) is 2. The van der Waals surface area contributed by atoms with E-state index in [1.54, 1.807) is 4.90 Å². The third-order valence-electron chi connectivity index (χ3n) is 4.01. The highest BCUT2D eigenvalue weighted by molar-refractivity contribution is 6.04. The largest absolute Gasteiger partial charge is 0.416 e. The Labute approximate surface area is 152 Å². The lowest BCUT2D eigenvalue weighted by atomic mass is 10.1. The first-order valence-electron chi connectivity index (χ1n) is 8.16. The van der Waals surface area contributed by atoms with E-state index in [4.69, 9.17) is 4.74 Å². The number of carbonyl (C=O) groups is 2. The van der Waals surface area contributed by atoms with Crippen LogP contribution in [0.25, 0.3) is 0 Å². The molecule has 6 nitrogen and oxygen atoms in total. The number of halogens is 3. The molecule has 0 spiro atoms. The molecule has 2 heterocycles. The van der Waals surface area contributed by atoms with Crippen LogP contribution in [0, 0.1) is 0 Å². The fraction of sp³-hybridized carbons (Fsp3) is 0.278. The first-order valence-corrected chi connectivity index (χ1v) is 8.16. The van der Waals surface area contributed by atoms with Gasteiger partial charge >= 0.3 is 6.18 Å². The maximum absolute atomic E-state index is 12.6. The van der Waals surface area contributed by atoms with Crippen LogP contribution >= 0.6 is 0 Å². The molecule has 9 heteroatoms. The van der Waals surface area contributed by atoms with E-state index in [0.717, 1.165) is 24.3 Å². The van der Waals surface area contributed by atoms with Gasteiger partial charge in [0.05, 0.1) is 18.8 Å². The van der Waals surface area contributed by atoms with Crippen LogP contribution in [0.2, 0.25) is 0 Å². The van der Waals surface area contributed by atoms with Gasteiger partial charge in [0.1, 0.15) is 5.69 Å². The Morgan fingerprint density at radius 2 is 1.74 bits per heavy atom. The van der Waals surface area contributed by atoms with Crippen molar-refractivity contribution in [2.24, 2.45) is 0 Å². The van der Waals surface area contributed by atoms with Crippen molar-refractivity contribution >= 4 is 17.5 Å². The number of anilines is 1. The van der Waals surface area contributed by atoms with E-state index < -0.39 is 17.6 Å². The van der Waals surface area contributed by atoms with Crippen molar-refractivity contribution in [3.63, 3.8) is 0 Å². The molecule has 1 N–H and O–H groups in total. The molecule has 1 aliphatic heterocycles. The standard InChI is InChI=1S/C18H16F3N3O3/c19-18(20,21)13-1-3-14(4-2-13)23-16(25)15-11-12(5-6-22-15)17(26)24-7-9-27-10-8-24/h1-6,11H,7-10H2,(H,23,25). The van der Waals surface area contributed by atoms with Crippen molar-refractivity contribution < 1.29 is 27.5 Å². The minimum absolute atomic E-state index is 0.00555. The summed E-state index contributed by atoms with van der Waals surface area (Å²) in [4.78, 5) is 30.3. The average Bonchev–Trinajstić information content (AvgIpc) is 2.68. The van der Waals surface area contributed by atoms with Crippen LogP contribution < -0.4 is 5.32 Å². The number of hydrogen-bond acceptors (Lipinski definition) is 4. The number of hydrogen-bond donors (Lipinski definition) is 1. The van der Waals surface area contributed by atoms with E-state index in [0.29, 0.717) is 31.9 Å². The Balaban J connectivity index is 1.70. The molecule has 2 amide bonds. The first-order chi connectivity index (χ1) is 12.8. The van der Waals surface area contributed by atoms with E-state index in [9.17, 15) is 22.8 Å². The van der Waals surface area contributed by atoms with Gasteiger partial charge in [0.15, 0.2) is 0 Å². The van der Waals surface area contributed by atoms with Crippen LogP contribution in [-0.2, 0) is 10.9 Å². The fourth-order valence-electron chi connectivity index (χ4n) is 2.57. The molecule has 1 aromatic carbocycles. The number of pyridine rings is 1. The topological polar surface area (TPSA) is 71.5 Å². The number of alkyl halides is 3. The molecule has 27 heavy (non-hydrogen) atoms. The van der Waals surface area contributed by atoms with Gasteiger partial charge in [-0.25, -0.2) is 0 Å². The second-order valence-corrected chi connectivity index (χ2v) is 5.86. The molecule has 0 aliphatic carbocycles. The van der Waals surface area contributed by atoms with Gasteiger partial charge < -0.3 is 15.0 Å². The van der Waals surface area contributed by atoms with Crippen LogP contribution in [0.4, 0.5) is 18.9 Å². The highest BCUT2D eigenvalue weighted by Crippen LogP contribution is 2.29. The van der Waals surface area contributed by atoms with E-state index in [2.05, 4.69) is 10.3 Å². The third-order valence-corrected chi connectivity index (χ3v) is 4.01. The maximum Gasteiger partial charge on any atom is 0.416 e. The maximum atomic E-state index is 12.6. The molecule has 0 bridgehead atoms. The van der Waals surface area contributed by atoms with Crippen molar-refractivity contribution in [2.45, 2.75) is 6.18 Å². The predicted octanol–water partition coefficient (Wildman–Crippen LogP) is 2.83. The second kappa shape index (κ2) is 7.75. The summed E-state index contributed by atoms with van der Waals surface area (Å²) in [6.07, 6.45) is -3.10. The smallest absolute Gasteiger partial charge is 0.378 e. The van der Waals surface area contributed by atoms with Gasteiger partial charge in [-0.3, -0.25) is 14.6 Å². The number of amides is 2.